The molecule has 1 aromatic rings. The Kier molecular flexibility index (Phi) is 4.05. The molecule has 1 N–H and O–H groups in total. The van der Waals surface area contributed by atoms with E-state index in [1.54, 1.807) is 18.2 Å². The van der Waals surface area contributed by atoms with Crippen molar-refractivity contribution in [1.82, 2.24) is 5.32 Å². The topological polar surface area (TPSA) is 55.4 Å². The van der Waals surface area contributed by atoms with Crippen LogP contribution in [0.15, 0.2) is 24.8 Å². The molecule has 1 rings (SSSR count). The minimum atomic E-state index is -0.428. The summed E-state index contributed by atoms with van der Waals surface area (Å²) in [5.41, 5.74) is 0. The number of thiophene rings is 1. The second-order valence-corrected chi connectivity index (χ2v) is 3.74. The van der Waals surface area contributed by atoms with E-state index in [2.05, 4.69) is 16.6 Å². The molecule has 0 saturated carbocycles. The molecule has 80 valence electrons. The van der Waals surface area contributed by atoms with Crippen LogP contribution in [0.5, 0.6) is 0 Å². The Morgan fingerprint density at radius 1 is 1.53 bits per heavy atom. The van der Waals surface area contributed by atoms with Gasteiger partial charge in [0.15, 0.2) is 0 Å². The number of rotatable bonds is 4. The number of carbonyl (C=O) groups is 2. The molecule has 0 unspecified atom stereocenters. The third-order valence-corrected chi connectivity index (χ3v) is 2.69. The lowest BCUT2D eigenvalue weighted by Gasteiger charge is -1.97. The predicted octanol–water partition coefficient (Wildman–Crippen LogP) is 1.45. The number of carbonyl (C=O) groups excluding carboxylic acids is 2. The molecule has 0 spiro atoms. The van der Waals surface area contributed by atoms with Crippen molar-refractivity contribution in [3.8, 4) is 0 Å². The summed E-state index contributed by atoms with van der Waals surface area (Å²) in [5.74, 6) is -0.641. The molecule has 1 aromatic heterocycles. The number of amides is 1. The van der Waals surface area contributed by atoms with E-state index >= 15 is 0 Å². The fraction of sp³-hybridized carbons (Fsp3) is 0.200. The second-order valence-electron chi connectivity index (χ2n) is 2.65. The number of methoxy groups -OCH3 is 1. The van der Waals surface area contributed by atoms with E-state index < -0.39 is 5.97 Å². The van der Waals surface area contributed by atoms with Crippen LogP contribution in [0, 0.1) is 0 Å². The Hall–Kier alpha value is -1.62. The summed E-state index contributed by atoms with van der Waals surface area (Å²) < 4.78 is 4.53. The van der Waals surface area contributed by atoms with E-state index in [0.717, 1.165) is 11.3 Å². The summed E-state index contributed by atoms with van der Waals surface area (Å²) in [4.78, 5) is 23.4. The quantitative estimate of drug-likeness (QED) is 0.623. The third kappa shape index (κ3) is 2.92. The van der Waals surface area contributed by atoms with Crippen molar-refractivity contribution < 1.29 is 14.3 Å². The molecule has 0 radical (unpaired) electrons. The zero-order valence-electron chi connectivity index (χ0n) is 8.28. The molecule has 0 aliphatic heterocycles. The zero-order chi connectivity index (χ0) is 11.3. The first-order valence-corrected chi connectivity index (χ1v) is 5.08. The van der Waals surface area contributed by atoms with Crippen molar-refractivity contribution in [2.75, 3.05) is 13.7 Å². The lowest BCUT2D eigenvalue weighted by atomic mass is 10.4. The van der Waals surface area contributed by atoms with Crippen LogP contribution in [0.2, 0.25) is 0 Å². The van der Waals surface area contributed by atoms with Gasteiger partial charge in [-0.2, -0.15) is 0 Å². The van der Waals surface area contributed by atoms with Crippen molar-refractivity contribution in [2.45, 2.75) is 0 Å². The number of ether oxygens (including phenoxy) is 1. The number of nitrogens with one attached hydrogen (secondary N) is 1. The van der Waals surface area contributed by atoms with E-state index in [4.69, 9.17) is 0 Å². The summed E-state index contributed by atoms with van der Waals surface area (Å²) in [6.07, 6.45) is 1.59. The molecule has 4 nitrogen and oxygen atoms in total. The summed E-state index contributed by atoms with van der Waals surface area (Å²) in [6, 6.07) is 3.16. The molecule has 0 bridgehead atoms. The van der Waals surface area contributed by atoms with E-state index in [9.17, 15) is 9.59 Å². The third-order valence-electron chi connectivity index (χ3n) is 1.62. The minimum Gasteiger partial charge on any atom is -0.465 e. The van der Waals surface area contributed by atoms with Crippen molar-refractivity contribution in [3.63, 3.8) is 0 Å². The van der Waals surface area contributed by atoms with E-state index in [1.165, 1.54) is 7.11 Å². The van der Waals surface area contributed by atoms with Gasteiger partial charge in [0.05, 0.1) is 12.0 Å². The lowest BCUT2D eigenvalue weighted by molar-refractivity contribution is 0.0606. The maximum absolute atomic E-state index is 11.4. The first kappa shape index (κ1) is 11.5. The molecule has 0 atom stereocenters. The highest BCUT2D eigenvalue weighted by atomic mass is 32.1. The first-order chi connectivity index (χ1) is 7.19. The van der Waals surface area contributed by atoms with Crippen LogP contribution in [-0.2, 0) is 4.74 Å². The highest BCUT2D eigenvalue weighted by Gasteiger charge is 2.12. The summed E-state index contributed by atoms with van der Waals surface area (Å²) in [7, 11) is 1.31. The molecule has 0 aliphatic carbocycles. The Morgan fingerprint density at radius 3 is 2.80 bits per heavy atom. The maximum Gasteiger partial charge on any atom is 0.348 e. The second kappa shape index (κ2) is 5.31. The van der Waals surface area contributed by atoms with Gasteiger partial charge in [-0.05, 0) is 12.1 Å². The maximum atomic E-state index is 11.4. The zero-order valence-corrected chi connectivity index (χ0v) is 9.10. The molecule has 5 heteroatoms. The van der Waals surface area contributed by atoms with E-state index in [0.29, 0.717) is 16.3 Å². The van der Waals surface area contributed by atoms with Gasteiger partial charge in [0.1, 0.15) is 4.88 Å². The van der Waals surface area contributed by atoms with Gasteiger partial charge in [0.2, 0.25) is 0 Å². The van der Waals surface area contributed by atoms with Crippen LogP contribution in [-0.4, -0.2) is 25.5 Å². The van der Waals surface area contributed by atoms with Gasteiger partial charge < -0.3 is 10.1 Å². The Bertz CT molecular complexity index is 384. The van der Waals surface area contributed by atoms with Gasteiger partial charge in [0.25, 0.3) is 5.91 Å². The number of esters is 1. The van der Waals surface area contributed by atoms with Gasteiger partial charge in [-0.1, -0.05) is 6.08 Å². The van der Waals surface area contributed by atoms with Crippen LogP contribution in [0.25, 0.3) is 0 Å². The molecule has 0 fully saturated rings. The molecular formula is C10H11NO3S. The van der Waals surface area contributed by atoms with Crippen LogP contribution in [0.4, 0.5) is 0 Å². The highest BCUT2D eigenvalue weighted by molar-refractivity contribution is 7.15. The first-order valence-electron chi connectivity index (χ1n) is 4.26. The van der Waals surface area contributed by atoms with Crippen LogP contribution in [0.1, 0.15) is 19.3 Å². The molecule has 0 saturated heterocycles. The molecular weight excluding hydrogens is 214 g/mol. The number of hydrogen-bond acceptors (Lipinski definition) is 4. The van der Waals surface area contributed by atoms with Gasteiger partial charge in [-0.3, -0.25) is 4.79 Å². The summed E-state index contributed by atoms with van der Waals surface area (Å²) in [5, 5.41) is 2.62. The average molecular weight is 225 g/mol. The van der Waals surface area contributed by atoms with Crippen molar-refractivity contribution in [3.05, 3.63) is 34.5 Å². The van der Waals surface area contributed by atoms with Gasteiger partial charge in [-0.25, -0.2) is 4.79 Å². The standard InChI is InChI=1S/C10H11NO3S/c1-3-6-11-9(12)7-4-5-8(15-7)10(13)14-2/h3-5H,1,6H2,2H3,(H,11,12). The van der Waals surface area contributed by atoms with E-state index in [-0.39, 0.29) is 5.91 Å². The van der Waals surface area contributed by atoms with Gasteiger partial charge in [-0.15, -0.1) is 17.9 Å². The SMILES string of the molecule is C=CCNC(=O)c1ccc(C(=O)OC)s1. The van der Waals surface area contributed by atoms with Crippen molar-refractivity contribution in [1.29, 1.82) is 0 Å². The minimum absolute atomic E-state index is 0.213. The normalized spacial score (nSPS) is 9.40. The largest absolute Gasteiger partial charge is 0.465 e. The van der Waals surface area contributed by atoms with Crippen LogP contribution < -0.4 is 5.32 Å². The van der Waals surface area contributed by atoms with Gasteiger partial charge in [0, 0.05) is 6.54 Å². The Balaban J connectivity index is 2.71. The fourth-order valence-electron chi connectivity index (χ4n) is 0.922. The molecule has 0 aliphatic rings. The lowest BCUT2D eigenvalue weighted by Crippen LogP contribution is -2.21. The van der Waals surface area contributed by atoms with Gasteiger partial charge >= 0.3 is 5.97 Å². The van der Waals surface area contributed by atoms with E-state index in [1.807, 2.05) is 0 Å². The predicted molar refractivity (Wildman–Crippen MR) is 58.2 cm³/mol. The molecule has 15 heavy (non-hydrogen) atoms. The smallest absolute Gasteiger partial charge is 0.348 e. The fourth-order valence-corrected chi connectivity index (χ4v) is 1.76. The van der Waals surface area contributed by atoms with Crippen LogP contribution >= 0.6 is 11.3 Å². The Morgan fingerprint density at radius 2 is 2.20 bits per heavy atom. The highest BCUT2D eigenvalue weighted by Crippen LogP contribution is 2.16. The number of hydrogen-bond donors (Lipinski definition) is 1. The Labute approximate surface area is 91.6 Å². The monoisotopic (exact) mass is 225 g/mol. The van der Waals surface area contributed by atoms with Crippen LogP contribution in [0.3, 0.4) is 0 Å². The molecule has 0 aromatic carbocycles. The average Bonchev–Trinajstić information content (AvgIpc) is 2.74. The van der Waals surface area contributed by atoms with Crippen molar-refractivity contribution in [2.24, 2.45) is 0 Å². The summed E-state index contributed by atoms with van der Waals surface area (Å²) >= 11 is 1.10. The molecule has 1 heterocycles. The van der Waals surface area contributed by atoms with Crippen molar-refractivity contribution >= 4 is 23.2 Å². The molecule has 1 amide bonds. The summed E-state index contributed by atoms with van der Waals surface area (Å²) in [6.45, 7) is 3.89.